The number of thiophene rings is 1. The SMILES string of the molecule is NCC(c1ccsc1Br)C1CC1. The molecule has 66 valence electrons. The van der Waals surface area contributed by atoms with Crippen LogP contribution in [0, 0.1) is 5.92 Å². The molecule has 1 nitrogen and oxygen atoms in total. The van der Waals surface area contributed by atoms with Gasteiger partial charge in [0.25, 0.3) is 0 Å². The summed E-state index contributed by atoms with van der Waals surface area (Å²) in [5.41, 5.74) is 7.18. The Labute approximate surface area is 85.1 Å². The Balaban J connectivity index is 2.20. The molecule has 0 radical (unpaired) electrons. The van der Waals surface area contributed by atoms with E-state index in [9.17, 15) is 0 Å². The molecule has 3 heteroatoms. The Morgan fingerprint density at radius 3 is 2.83 bits per heavy atom. The van der Waals surface area contributed by atoms with E-state index in [0.717, 1.165) is 12.5 Å². The topological polar surface area (TPSA) is 26.0 Å². The lowest BCUT2D eigenvalue weighted by atomic mass is 9.97. The molecule has 1 aliphatic carbocycles. The van der Waals surface area contributed by atoms with E-state index < -0.39 is 0 Å². The van der Waals surface area contributed by atoms with Crippen molar-refractivity contribution in [2.75, 3.05) is 6.54 Å². The van der Waals surface area contributed by atoms with Gasteiger partial charge in [-0.1, -0.05) is 0 Å². The molecule has 1 fully saturated rings. The van der Waals surface area contributed by atoms with Crippen molar-refractivity contribution in [3.05, 3.63) is 20.8 Å². The van der Waals surface area contributed by atoms with Crippen molar-refractivity contribution >= 4 is 27.3 Å². The van der Waals surface area contributed by atoms with Crippen LogP contribution in [0.2, 0.25) is 0 Å². The zero-order chi connectivity index (χ0) is 8.55. The second-order valence-corrected chi connectivity index (χ2v) is 5.56. The summed E-state index contributed by atoms with van der Waals surface area (Å²) in [4.78, 5) is 0. The first kappa shape index (κ1) is 8.73. The summed E-state index contributed by atoms with van der Waals surface area (Å²) in [5.74, 6) is 1.46. The van der Waals surface area contributed by atoms with E-state index in [1.807, 2.05) is 0 Å². The van der Waals surface area contributed by atoms with Crippen molar-refractivity contribution in [2.45, 2.75) is 18.8 Å². The van der Waals surface area contributed by atoms with E-state index in [1.165, 1.54) is 22.2 Å². The first-order chi connectivity index (χ1) is 5.83. The highest BCUT2D eigenvalue weighted by atomic mass is 79.9. The summed E-state index contributed by atoms with van der Waals surface area (Å²) in [7, 11) is 0. The maximum atomic E-state index is 5.76. The number of rotatable bonds is 3. The number of halogens is 1. The van der Waals surface area contributed by atoms with Gasteiger partial charge < -0.3 is 5.73 Å². The maximum Gasteiger partial charge on any atom is 0.0733 e. The van der Waals surface area contributed by atoms with E-state index in [0.29, 0.717) is 5.92 Å². The van der Waals surface area contributed by atoms with Gasteiger partial charge >= 0.3 is 0 Å². The Morgan fingerprint density at radius 1 is 1.67 bits per heavy atom. The van der Waals surface area contributed by atoms with Crippen LogP contribution in [0.15, 0.2) is 15.2 Å². The molecule has 12 heavy (non-hydrogen) atoms. The average molecular weight is 246 g/mol. The fourth-order valence-electron chi connectivity index (χ4n) is 1.64. The van der Waals surface area contributed by atoms with E-state index in [-0.39, 0.29) is 0 Å². The first-order valence-corrected chi connectivity index (χ1v) is 5.93. The zero-order valence-corrected chi connectivity index (χ0v) is 9.20. The van der Waals surface area contributed by atoms with Crippen molar-refractivity contribution in [1.82, 2.24) is 0 Å². The van der Waals surface area contributed by atoms with Crippen LogP contribution in [0.5, 0.6) is 0 Å². The molecule has 2 rings (SSSR count). The Hall–Kier alpha value is 0.140. The second-order valence-electron chi connectivity index (χ2n) is 3.33. The molecule has 0 spiro atoms. The van der Waals surface area contributed by atoms with Crippen LogP contribution in [0.1, 0.15) is 24.3 Å². The van der Waals surface area contributed by atoms with Crippen LogP contribution in [0.3, 0.4) is 0 Å². The van der Waals surface area contributed by atoms with Crippen molar-refractivity contribution in [3.8, 4) is 0 Å². The normalized spacial score (nSPS) is 19.5. The smallest absolute Gasteiger partial charge is 0.0733 e. The first-order valence-electron chi connectivity index (χ1n) is 4.26. The standard InChI is InChI=1S/C9H12BrNS/c10-9-7(3-4-12-9)8(5-11)6-1-2-6/h3-4,6,8H,1-2,5,11H2. The summed E-state index contributed by atoms with van der Waals surface area (Å²) in [5, 5.41) is 2.13. The third-order valence-corrected chi connectivity index (χ3v) is 4.22. The molecule has 1 aromatic rings. The molecule has 0 saturated heterocycles. The molecule has 1 unspecified atom stereocenters. The minimum absolute atomic E-state index is 0.602. The molecular formula is C9H12BrNS. The quantitative estimate of drug-likeness (QED) is 0.871. The zero-order valence-electron chi connectivity index (χ0n) is 6.79. The summed E-state index contributed by atoms with van der Waals surface area (Å²) >= 11 is 5.32. The van der Waals surface area contributed by atoms with Gasteiger partial charge in [-0.05, 0) is 58.2 Å². The van der Waals surface area contributed by atoms with Gasteiger partial charge in [-0.15, -0.1) is 11.3 Å². The Morgan fingerprint density at radius 2 is 2.42 bits per heavy atom. The highest BCUT2D eigenvalue weighted by Gasteiger charge is 2.32. The van der Waals surface area contributed by atoms with Gasteiger partial charge in [0.2, 0.25) is 0 Å². The molecule has 0 amide bonds. The number of hydrogen-bond donors (Lipinski definition) is 1. The van der Waals surface area contributed by atoms with Crippen molar-refractivity contribution in [3.63, 3.8) is 0 Å². The molecule has 1 heterocycles. The predicted molar refractivity (Wildman–Crippen MR) is 56.5 cm³/mol. The van der Waals surface area contributed by atoms with Crippen LogP contribution >= 0.6 is 27.3 Å². The lowest BCUT2D eigenvalue weighted by Crippen LogP contribution is -2.13. The van der Waals surface area contributed by atoms with Gasteiger partial charge in [0.05, 0.1) is 3.79 Å². The summed E-state index contributed by atoms with van der Waals surface area (Å²) in [6.45, 7) is 0.792. The van der Waals surface area contributed by atoms with Crippen LogP contribution in [-0.2, 0) is 0 Å². The fraction of sp³-hybridized carbons (Fsp3) is 0.556. The van der Waals surface area contributed by atoms with Crippen molar-refractivity contribution < 1.29 is 0 Å². The minimum atomic E-state index is 0.602. The summed E-state index contributed by atoms with van der Waals surface area (Å²) < 4.78 is 1.27. The van der Waals surface area contributed by atoms with Gasteiger partial charge in [0.1, 0.15) is 0 Å². The van der Waals surface area contributed by atoms with E-state index >= 15 is 0 Å². The van der Waals surface area contributed by atoms with Gasteiger partial charge in [0.15, 0.2) is 0 Å². The summed E-state index contributed by atoms with van der Waals surface area (Å²) in [6, 6.07) is 2.20. The molecular weight excluding hydrogens is 234 g/mol. The molecule has 2 N–H and O–H groups in total. The molecule has 1 aromatic heterocycles. The van der Waals surface area contributed by atoms with Gasteiger partial charge in [-0.3, -0.25) is 0 Å². The van der Waals surface area contributed by atoms with Crippen LogP contribution < -0.4 is 5.73 Å². The van der Waals surface area contributed by atoms with E-state index in [1.54, 1.807) is 11.3 Å². The molecule has 1 aliphatic rings. The lowest BCUT2D eigenvalue weighted by Gasteiger charge is -2.12. The maximum absolute atomic E-state index is 5.76. The number of nitrogens with two attached hydrogens (primary N) is 1. The fourth-order valence-corrected chi connectivity index (χ4v) is 3.08. The van der Waals surface area contributed by atoms with Crippen LogP contribution in [-0.4, -0.2) is 6.54 Å². The third kappa shape index (κ3) is 1.58. The molecule has 0 aliphatic heterocycles. The monoisotopic (exact) mass is 245 g/mol. The molecule has 1 atom stereocenters. The predicted octanol–water partition coefficient (Wildman–Crippen LogP) is 2.96. The summed E-state index contributed by atoms with van der Waals surface area (Å²) in [6.07, 6.45) is 2.73. The van der Waals surface area contributed by atoms with Crippen molar-refractivity contribution in [2.24, 2.45) is 11.7 Å². The molecule has 1 saturated carbocycles. The van der Waals surface area contributed by atoms with Crippen LogP contribution in [0.4, 0.5) is 0 Å². The van der Waals surface area contributed by atoms with Gasteiger partial charge in [0, 0.05) is 5.92 Å². The van der Waals surface area contributed by atoms with E-state index in [4.69, 9.17) is 5.73 Å². The van der Waals surface area contributed by atoms with E-state index in [2.05, 4.69) is 27.4 Å². The largest absolute Gasteiger partial charge is 0.330 e. The lowest BCUT2D eigenvalue weighted by molar-refractivity contribution is 0.616. The van der Waals surface area contributed by atoms with Gasteiger partial charge in [-0.25, -0.2) is 0 Å². The molecule has 0 aromatic carbocycles. The Bertz CT molecular complexity index is 267. The second kappa shape index (κ2) is 3.48. The highest BCUT2D eigenvalue weighted by molar-refractivity contribution is 9.11. The third-order valence-electron chi connectivity index (χ3n) is 2.49. The number of hydrogen-bond acceptors (Lipinski definition) is 2. The minimum Gasteiger partial charge on any atom is -0.330 e. The Kier molecular flexibility index (Phi) is 2.53. The van der Waals surface area contributed by atoms with Crippen molar-refractivity contribution in [1.29, 1.82) is 0 Å². The average Bonchev–Trinajstić information content (AvgIpc) is 2.80. The van der Waals surface area contributed by atoms with Crippen LogP contribution in [0.25, 0.3) is 0 Å². The molecule has 0 bridgehead atoms. The van der Waals surface area contributed by atoms with Gasteiger partial charge in [-0.2, -0.15) is 0 Å². The highest BCUT2D eigenvalue weighted by Crippen LogP contribution is 2.45.